The predicted molar refractivity (Wildman–Crippen MR) is 75.2 cm³/mol. The number of hydrogen-bond acceptors (Lipinski definition) is 5. The largest absolute Gasteiger partial charge is 0.356 e. The summed E-state index contributed by atoms with van der Waals surface area (Å²) < 4.78 is 0. The van der Waals surface area contributed by atoms with Gasteiger partial charge in [0.25, 0.3) is 0 Å². The van der Waals surface area contributed by atoms with E-state index < -0.39 is 0 Å². The van der Waals surface area contributed by atoms with Gasteiger partial charge in [-0.2, -0.15) is 4.98 Å². The Morgan fingerprint density at radius 3 is 3.06 bits per heavy atom. The predicted octanol–water partition coefficient (Wildman–Crippen LogP) is 0.978. The highest BCUT2D eigenvalue weighted by Crippen LogP contribution is 2.22. The van der Waals surface area contributed by atoms with Gasteiger partial charge in [0.2, 0.25) is 5.95 Å². The summed E-state index contributed by atoms with van der Waals surface area (Å²) in [6, 6.07) is 2.01. The van der Waals surface area contributed by atoms with Crippen molar-refractivity contribution in [3.63, 3.8) is 0 Å². The molecule has 1 atom stereocenters. The zero-order chi connectivity index (χ0) is 13.0. The van der Waals surface area contributed by atoms with Gasteiger partial charge in [-0.25, -0.2) is 4.98 Å². The van der Waals surface area contributed by atoms with E-state index in [1.165, 1.54) is 12.8 Å². The van der Waals surface area contributed by atoms with E-state index in [4.69, 9.17) is 0 Å². The Kier molecular flexibility index (Phi) is 4.36. The van der Waals surface area contributed by atoms with Gasteiger partial charge in [-0.05, 0) is 38.4 Å². The van der Waals surface area contributed by atoms with Crippen LogP contribution in [-0.4, -0.2) is 50.7 Å². The minimum atomic E-state index is 0.724. The fourth-order valence-electron chi connectivity index (χ4n) is 2.46. The van der Waals surface area contributed by atoms with E-state index in [2.05, 4.69) is 20.2 Å². The zero-order valence-corrected chi connectivity index (χ0v) is 11.6. The van der Waals surface area contributed by atoms with Crippen LogP contribution < -0.4 is 15.1 Å². The third-order valence-corrected chi connectivity index (χ3v) is 3.36. The molecule has 18 heavy (non-hydrogen) atoms. The summed E-state index contributed by atoms with van der Waals surface area (Å²) >= 11 is 0. The molecule has 0 aliphatic carbocycles. The van der Waals surface area contributed by atoms with Gasteiger partial charge in [0, 0.05) is 33.4 Å². The average molecular weight is 249 g/mol. The molecule has 1 aliphatic heterocycles. The van der Waals surface area contributed by atoms with Crippen LogP contribution >= 0.6 is 0 Å². The van der Waals surface area contributed by atoms with E-state index in [0.29, 0.717) is 0 Å². The molecule has 100 valence electrons. The van der Waals surface area contributed by atoms with Crippen molar-refractivity contribution in [1.82, 2.24) is 15.3 Å². The van der Waals surface area contributed by atoms with Gasteiger partial charge in [0.1, 0.15) is 5.82 Å². The van der Waals surface area contributed by atoms with Crippen LogP contribution in [0.25, 0.3) is 0 Å². The highest BCUT2D eigenvalue weighted by molar-refractivity contribution is 5.43. The lowest BCUT2D eigenvalue weighted by Crippen LogP contribution is -2.39. The van der Waals surface area contributed by atoms with Crippen molar-refractivity contribution in [2.45, 2.75) is 12.8 Å². The smallest absolute Gasteiger partial charge is 0.226 e. The lowest BCUT2D eigenvalue weighted by atomic mass is 9.98. The first kappa shape index (κ1) is 13.1. The van der Waals surface area contributed by atoms with Crippen LogP contribution in [0.1, 0.15) is 12.8 Å². The van der Waals surface area contributed by atoms with Crippen LogP contribution in [0.4, 0.5) is 11.8 Å². The Morgan fingerprint density at radius 2 is 2.33 bits per heavy atom. The number of nitrogens with one attached hydrogen (secondary N) is 1. The van der Waals surface area contributed by atoms with Crippen LogP contribution in [-0.2, 0) is 0 Å². The number of anilines is 2. The molecule has 0 spiro atoms. The van der Waals surface area contributed by atoms with Crippen LogP contribution in [0.5, 0.6) is 0 Å². The van der Waals surface area contributed by atoms with Crippen LogP contribution in [0.2, 0.25) is 0 Å². The van der Waals surface area contributed by atoms with Crippen molar-refractivity contribution in [3.05, 3.63) is 12.3 Å². The molecule has 1 aromatic rings. The van der Waals surface area contributed by atoms with Gasteiger partial charge in [-0.1, -0.05) is 0 Å². The summed E-state index contributed by atoms with van der Waals surface area (Å²) in [7, 11) is 5.96. The standard InChI is InChI=1S/C13H23N5/c1-14-9-11-5-4-8-18(10-11)12-6-7-15-13(16-12)17(2)3/h6-7,11,14H,4-5,8-10H2,1-3H3. The molecule has 0 bridgehead atoms. The van der Waals surface area contributed by atoms with Crippen molar-refractivity contribution in [1.29, 1.82) is 0 Å². The second kappa shape index (κ2) is 6.00. The van der Waals surface area contributed by atoms with E-state index >= 15 is 0 Å². The molecule has 1 unspecified atom stereocenters. The highest BCUT2D eigenvalue weighted by Gasteiger charge is 2.20. The van der Waals surface area contributed by atoms with Gasteiger partial charge < -0.3 is 15.1 Å². The average Bonchev–Trinajstić information content (AvgIpc) is 2.39. The van der Waals surface area contributed by atoms with Crippen molar-refractivity contribution in [2.75, 3.05) is 50.6 Å². The quantitative estimate of drug-likeness (QED) is 0.861. The zero-order valence-electron chi connectivity index (χ0n) is 11.6. The fourth-order valence-corrected chi connectivity index (χ4v) is 2.46. The molecule has 0 aromatic carbocycles. The Balaban J connectivity index is 2.08. The van der Waals surface area contributed by atoms with E-state index in [9.17, 15) is 0 Å². The molecular weight excluding hydrogens is 226 g/mol. The Morgan fingerprint density at radius 1 is 1.50 bits per heavy atom. The third kappa shape index (κ3) is 3.10. The number of rotatable bonds is 4. The lowest BCUT2D eigenvalue weighted by molar-refractivity contribution is 0.401. The Bertz CT molecular complexity index is 377. The summed E-state index contributed by atoms with van der Waals surface area (Å²) in [5.41, 5.74) is 0. The SMILES string of the molecule is CNCC1CCCN(c2ccnc(N(C)C)n2)C1. The molecule has 2 heterocycles. The Hall–Kier alpha value is -1.36. The molecular formula is C13H23N5. The van der Waals surface area contributed by atoms with E-state index in [1.807, 2.05) is 38.3 Å². The second-order valence-electron chi connectivity index (χ2n) is 5.12. The maximum Gasteiger partial charge on any atom is 0.226 e. The topological polar surface area (TPSA) is 44.3 Å². The molecule has 0 saturated carbocycles. The molecule has 1 aliphatic rings. The lowest BCUT2D eigenvalue weighted by Gasteiger charge is -2.33. The van der Waals surface area contributed by atoms with E-state index in [1.54, 1.807) is 0 Å². The number of aromatic nitrogens is 2. The van der Waals surface area contributed by atoms with Crippen molar-refractivity contribution in [3.8, 4) is 0 Å². The molecule has 5 nitrogen and oxygen atoms in total. The van der Waals surface area contributed by atoms with Gasteiger partial charge in [0.15, 0.2) is 0 Å². The molecule has 0 amide bonds. The van der Waals surface area contributed by atoms with Gasteiger partial charge in [-0.3, -0.25) is 0 Å². The van der Waals surface area contributed by atoms with E-state index in [-0.39, 0.29) is 0 Å². The summed E-state index contributed by atoms with van der Waals surface area (Å²) in [6.45, 7) is 3.27. The maximum atomic E-state index is 4.61. The van der Waals surface area contributed by atoms with Crippen LogP contribution in [0, 0.1) is 5.92 Å². The number of piperidine rings is 1. The summed E-state index contributed by atoms with van der Waals surface area (Å²) in [5, 5.41) is 3.27. The molecule has 0 radical (unpaired) electrons. The monoisotopic (exact) mass is 249 g/mol. The van der Waals surface area contributed by atoms with Gasteiger partial charge >= 0.3 is 0 Å². The molecule has 1 N–H and O–H groups in total. The maximum absolute atomic E-state index is 4.61. The summed E-state index contributed by atoms with van der Waals surface area (Å²) in [4.78, 5) is 13.2. The van der Waals surface area contributed by atoms with Crippen LogP contribution in [0.3, 0.4) is 0 Å². The van der Waals surface area contributed by atoms with Crippen molar-refractivity contribution < 1.29 is 0 Å². The van der Waals surface area contributed by atoms with Crippen molar-refractivity contribution >= 4 is 11.8 Å². The normalized spacial score (nSPS) is 19.9. The fraction of sp³-hybridized carbons (Fsp3) is 0.692. The summed E-state index contributed by atoms with van der Waals surface area (Å²) in [5.74, 6) is 2.55. The number of hydrogen-bond donors (Lipinski definition) is 1. The first-order valence-corrected chi connectivity index (χ1v) is 6.60. The number of nitrogens with zero attached hydrogens (tertiary/aromatic N) is 4. The molecule has 1 aromatic heterocycles. The van der Waals surface area contributed by atoms with E-state index in [0.717, 1.165) is 37.3 Å². The molecule has 1 fully saturated rings. The minimum absolute atomic E-state index is 0.724. The summed E-state index contributed by atoms with van der Waals surface area (Å²) in [6.07, 6.45) is 4.40. The highest BCUT2D eigenvalue weighted by atomic mass is 15.3. The van der Waals surface area contributed by atoms with Gasteiger partial charge in [-0.15, -0.1) is 0 Å². The minimum Gasteiger partial charge on any atom is -0.356 e. The molecule has 2 rings (SSSR count). The first-order valence-electron chi connectivity index (χ1n) is 6.60. The van der Waals surface area contributed by atoms with Gasteiger partial charge in [0.05, 0.1) is 0 Å². The third-order valence-electron chi connectivity index (χ3n) is 3.36. The Labute approximate surface area is 109 Å². The second-order valence-corrected chi connectivity index (χ2v) is 5.12. The molecule has 1 saturated heterocycles. The van der Waals surface area contributed by atoms with Crippen LogP contribution in [0.15, 0.2) is 12.3 Å². The molecule has 5 heteroatoms. The van der Waals surface area contributed by atoms with Crippen molar-refractivity contribution in [2.24, 2.45) is 5.92 Å². The first-order chi connectivity index (χ1) is 8.70.